The molecule has 0 radical (unpaired) electrons. The molecular weight excluding hydrogens is 298 g/mol. The van der Waals surface area contributed by atoms with E-state index in [-0.39, 0.29) is 5.60 Å². The number of oxime groups is 1. The van der Waals surface area contributed by atoms with Crippen LogP contribution in [0.25, 0.3) is 0 Å². The molecule has 1 rings (SSSR count). The van der Waals surface area contributed by atoms with Gasteiger partial charge in [0.15, 0.2) is 0 Å². The van der Waals surface area contributed by atoms with Crippen molar-refractivity contribution in [3.05, 3.63) is 21.4 Å². The van der Waals surface area contributed by atoms with Crippen LogP contribution in [0.2, 0.25) is 0 Å². The summed E-state index contributed by atoms with van der Waals surface area (Å²) in [4.78, 5) is 5.23. The zero-order chi connectivity index (χ0) is 11.5. The third-order valence-corrected chi connectivity index (χ3v) is 7.31. The molecule has 0 N–H and O–H groups in total. The van der Waals surface area contributed by atoms with Crippen LogP contribution in [0.1, 0.15) is 20.8 Å². The van der Waals surface area contributed by atoms with Gasteiger partial charge in [0.1, 0.15) is 5.60 Å². The second-order valence-corrected chi connectivity index (χ2v) is 9.65. The van der Waals surface area contributed by atoms with E-state index in [1.165, 1.54) is 0 Å². The Balaban J connectivity index is 2.44. The first-order chi connectivity index (χ1) is 6.83. The van der Waals surface area contributed by atoms with E-state index in [0.29, 0.717) is 5.75 Å². The minimum atomic E-state index is -1.36. The molecule has 1 aliphatic heterocycles. The Morgan fingerprint density at radius 2 is 2.27 bits per heavy atom. The maximum atomic E-state index is 6.41. The highest BCUT2D eigenvalue weighted by atomic mass is 79.9. The summed E-state index contributed by atoms with van der Waals surface area (Å²) in [6.07, 6.45) is 5.67. The highest BCUT2D eigenvalue weighted by Gasteiger charge is 2.23. The molecule has 1 atom stereocenters. The summed E-state index contributed by atoms with van der Waals surface area (Å²) in [5.74, 6) is 0.693. The standard InChI is InChI=1S/C10H15BrClNOS/c1-10(2,3)14-13-6-8-15(12)7-4-5-9(15)11/h4-7H,8H2,1-3H3/b13-6+. The predicted octanol–water partition coefficient (Wildman–Crippen LogP) is 4.51. The van der Waals surface area contributed by atoms with E-state index in [2.05, 4.69) is 21.1 Å². The average Bonchev–Trinajstić information content (AvgIpc) is 2.41. The zero-order valence-electron chi connectivity index (χ0n) is 9.04. The van der Waals surface area contributed by atoms with Gasteiger partial charge >= 0.3 is 0 Å². The number of hydrogen-bond acceptors (Lipinski definition) is 2. The van der Waals surface area contributed by atoms with Crippen LogP contribution in [0, 0.1) is 0 Å². The number of hydrogen-bond donors (Lipinski definition) is 0. The first-order valence-corrected chi connectivity index (χ1v) is 8.06. The average molecular weight is 313 g/mol. The Bertz CT molecular complexity index is 322. The Kier molecular flexibility index (Phi) is 4.32. The predicted molar refractivity (Wildman–Crippen MR) is 73.8 cm³/mol. The van der Waals surface area contributed by atoms with Crippen molar-refractivity contribution in [2.75, 3.05) is 5.75 Å². The molecule has 1 heterocycles. The molecule has 86 valence electrons. The molecule has 0 bridgehead atoms. The quantitative estimate of drug-likeness (QED) is 0.555. The molecule has 5 heteroatoms. The van der Waals surface area contributed by atoms with Gasteiger partial charge in [0.2, 0.25) is 0 Å². The second kappa shape index (κ2) is 4.93. The van der Waals surface area contributed by atoms with E-state index in [4.69, 9.17) is 15.5 Å². The lowest BCUT2D eigenvalue weighted by molar-refractivity contribution is 0.00184. The lowest BCUT2D eigenvalue weighted by atomic mass is 10.2. The molecule has 0 amide bonds. The van der Waals surface area contributed by atoms with E-state index in [1.807, 2.05) is 38.3 Å². The number of rotatable bonds is 3. The molecule has 0 fully saturated rings. The Morgan fingerprint density at radius 3 is 2.73 bits per heavy atom. The summed E-state index contributed by atoms with van der Waals surface area (Å²) in [6.45, 7) is 5.87. The summed E-state index contributed by atoms with van der Waals surface area (Å²) in [7, 11) is 5.05. The van der Waals surface area contributed by atoms with Gasteiger partial charge in [0, 0.05) is 5.75 Å². The SMILES string of the molecule is CC(C)(C)O/N=C/CS1(Cl)C=CC=C1Br. The lowest BCUT2D eigenvalue weighted by Crippen LogP contribution is -2.15. The van der Waals surface area contributed by atoms with Gasteiger partial charge in [-0.25, -0.2) is 0 Å². The zero-order valence-corrected chi connectivity index (χ0v) is 12.2. The van der Waals surface area contributed by atoms with Crippen LogP contribution >= 0.6 is 35.9 Å². The van der Waals surface area contributed by atoms with Crippen molar-refractivity contribution in [2.45, 2.75) is 26.4 Å². The molecule has 2 nitrogen and oxygen atoms in total. The topological polar surface area (TPSA) is 21.6 Å². The van der Waals surface area contributed by atoms with Gasteiger partial charge in [0.05, 0.1) is 10.0 Å². The van der Waals surface area contributed by atoms with Crippen LogP contribution in [0.3, 0.4) is 0 Å². The van der Waals surface area contributed by atoms with Gasteiger partial charge in [-0.3, -0.25) is 0 Å². The molecule has 15 heavy (non-hydrogen) atoms. The van der Waals surface area contributed by atoms with Crippen molar-refractivity contribution in [3.8, 4) is 0 Å². The highest BCUT2D eigenvalue weighted by molar-refractivity contribution is 9.15. The fourth-order valence-corrected chi connectivity index (χ4v) is 3.57. The fraction of sp³-hybridized carbons (Fsp3) is 0.500. The number of nitrogens with zero attached hydrogens (tertiary/aromatic N) is 1. The van der Waals surface area contributed by atoms with Gasteiger partial charge in [-0.15, -0.1) is 9.24 Å². The van der Waals surface area contributed by atoms with Crippen LogP contribution < -0.4 is 0 Å². The minimum absolute atomic E-state index is 0.246. The molecule has 0 aromatic heterocycles. The van der Waals surface area contributed by atoms with Crippen molar-refractivity contribution in [2.24, 2.45) is 5.16 Å². The van der Waals surface area contributed by atoms with Crippen LogP contribution in [0.15, 0.2) is 26.5 Å². The number of allylic oxidation sites excluding steroid dienone is 2. The molecule has 0 aliphatic carbocycles. The normalized spacial score (nSPS) is 30.3. The van der Waals surface area contributed by atoms with Crippen LogP contribution in [-0.2, 0) is 4.84 Å². The van der Waals surface area contributed by atoms with Crippen molar-refractivity contribution < 1.29 is 4.84 Å². The molecule has 0 spiro atoms. The van der Waals surface area contributed by atoms with E-state index < -0.39 is 9.24 Å². The van der Waals surface area contributed by atoms with E-state index >= 15 is 0 Å². The van der Waals surface area contributed by atoms with Gasteiger partial charge in [-0.05, 0) is 48.2 Å². The van der Waals surface area contributed by atoms with Crippen molar-refractivity contribution in [1.82, 2.24) is 0 Å². The Labute approximate surface area is 105 Å². The van der Waals surface area contributed by atoms with Crippen LogP contribution in [-0.4, -0.2) is 17.6 Å². The highest BCUT2D eigenvalue weighted by Crippen LogP contribution is 2.65. The molecule has 0 aromatic rings. The summed E-state index contributed by atoms with van der Waals surface area (Å²) < 4.78 is 1.04. The maximum absolute atomic E-state index is 6.41. The van der Waals surface area contributed by atoms with Crippen LogP contribution in [0.4, 0.5) is 0 Å². The molecule has 0 aromatic carbocycles. The van der Waals surface area contributed by atoms with E-state index in [9.17, 15) is 0 Å². The Hall–Kier alpha value is 0.0700. The first kappa shape index (κ1) is 13.1. The number of halogens is 2. The first-order valence-electron chi connectivity index (χ1n) is 4.58. The smallest absolute Gasteiger partial charge is 0.129 e. The summed E-state index contributed by atoms with van der Waals surface area (Å²) in [5.41, 5.74) is -0.246. The fourth-order valence-electron chi connectivity index (χ4n) is 0.887. The third kappa shape index (κ3) is 4.21. The second-order valence-electron chi connectivity index (χ2n) is 4.16. The van der Waals surface area contributed by atoms with Crippen molar-refractivity contribution in [3.63, 3.8) is 0 Å². The minimum Gasteiger partial charge on any atom is -0.390 e. The van der Waals surface area contributed by atoms with Crippen LogP contribution in [0.5, 0.6) is 0 Å². The maximum Gasteiger partial charge on any atom is 0.129 e. The molecule has 1 unspecified atom stereocenters. The summed E-state index contributed by atoms with van der Waals surface area (Å²) in [6, 6.07) is 0. The van der Waals surface area contributed by atoms with Gasteiger partial charge < -0.3 is 4.84 Å². The summed E-state index contributed by atoms with van der Waals surface area (Å²) in [5, 5.41) is 5.93. The lowest BCUT2D eigenvalue weighted by Gasteiger charge is -2.23. The van der Waals surface area contributed by atoms with Crippen molar-refractivity contribution in [1.29, 1.82) is 0 Å². The third-order valence-electron chi connectivity index (χ3n) is 1.56. The van der Waals surface area contributed by atoms with Gasteiger partial charge in [-0.1, -0.05) is 21.9 Å². The van der Waals surface area contributed by atoms with E-state index in [1.54, 1.807) is 6.21 Å². The molecular formula is C10H15BrClNOS. The van der Waals surface area contributed by atoms with E-state index in [0.717, 1.165) is 3.81 Å². The summed E-state index contributed by atoms with van der Waals surface area (Å²) >= 11 is 3.45. The largest absolute Gasteiger partial charge is 0.390 e. The Morgan fingerprint density at radius 1 is 1.60 bits per heavy atom. The van der Waals surface area contributed by atoms with Gasteiger partial charge in [0.25, 0.3) is 0 Å². The van der Waals surface area contributed by atoms with Gasteiger partial charge in [-0.2, -0.15) is 0 Å². The molecule has 0 saturated heterocycles. The van der Waals surface area contributed by atoms with Crippen molar-refractivity contribution >= 4 is 42.1 Å². The molecule has 0 saturated carbocycles. The molecule has 1 aliphatic rings. The monoisotopic (exact) mass is 311 g/mol.